The second-order valence-electron chi connectivity index (χ2n) is 19.7. The van der Waals surface area contributed by atoms with Crippen LogP contribution < -0.4 is 29.9 Å². The number of thiocarbonyl (C=S) groups is 1. The summed E-state index contributed by atoms with van der Waals surface area (Å²) in [5.74, 6) is -4.87. The van der Waals surface area contributed by atoms with Crippen LogP contribution in [0.2, 0.25) is 0 Å². The zero-order valence-electron chi connectivity index (χ0n) is 41.9. The molecule has 3 aromatic carbocycles. The number of β-amino-alcohol motifs (C(OH)–C–C–N with tert-alkyl or cyclic N) is 1. The van der Waals surface area contributed by atoms with Gasteiger partial charge in [-0.3, -0.25) is 24.1 Å². The molecular weight excluding hydrogens is 1020 g/mol. The van der Waals surface area contributed by atoms with Crippen molar-refractivity contribution < 1.29 is 55.7 Å². The fraction of sp³-hybridized carbons (Fsp3) is 0.396. The van der Waals surface area contributed by atoms with Gasteiger partial charge in [0, 0.05) is 31.1 Å². The Morgan fingerprint density at radius 2 is 1.64 bits per heavy atom. The highest BCUT2D eigenvalue weighted by molar-refractivity contribution is 7.81. The first-order valence-corrected chi connectivity index (χ1v) is 25.3. The predicted molar refractivity (Wildman–Crippen MR) is 274 cm³/mol. The predicted octanol–water partition coefficient (Wildman–Crippen LogP) is 9.04. The normalized spacial score (nSPS) is 17.0. The summed E-state index contributed by atoms with van der Waals surface area (Å²) < 4.78 is 83.4. The monoisotopic (exact) mass is 1070 g/mol. The van der Waals surface area contributed by atoms with E-state index in [-0.39, 0.29) is 43.2 Å². The lowest BCUT2D eigenvalue weighted by atomic mass is 9.85. The number of alkyl halides is 3. The van der Waals surface area contributed by atoms with Crippen molar-refractivity contribution in [2.24, 2.45) is 5.41 Å². The van der Waals surface area contributed by atoms with Crippen LogP contribution in [0.5, 0.6) is 11.6 Å². The number of thiazole rings is 1. The molecule has 5 aromatic rings. The number of hydrogen-bond acceptors (Lipinski definition) is 12. The lowest BCUT2D eigenvalue weighted by Crippen LogP contribution is -2.57. The average Bonchev–Trinajstić information content (AvgIpc) is 4.02. The molecule has 2 saturated heterocycles. The molecule has 4 amide bonds. The number of unbranched alkanes of at least 4 members (excludes halogenated alkanes) is 3. The smallest absolute Gasteiger partial charge is 0.420 e. The summed E-state index contributed by atoms with van der Waals surface area (Å²) in [6, 6.07) is 16.2. The van der Waals surface area contributed by atoms with Gasteiger partial charge in [-0.2, -0.15) is 18.4 Å². The van der Waals surface area contributed by atoms with Crippen molar-refractivity contribution in [3.05, 3.63) is 118 Å². The molecule has 0 unspecified atom stereocenters. The molecule has 7 rings (SSSR count). The number of rotatable bonds is 18. The molecule has 75 heavy (non-hydrogen) atoms. The van der Waals surface area contributed by atoms with E-state index in [0.29, 0.717) is 36.5 Å². The van der Waals surface area contributed by atoms with Crippen LogP contribution in [0.25, 0.3) is 10.4 Å². The number of carbonyl (C=O) groups excluding carboxylic acids is 4. The Labute approximate surface area is 439 Å². The number of ether oxygens (including phenoxy) is 2. The molecular formula is C53H55F5N8O7S2. The maximum atomic E-state index is 15.4. The lowest BCUT2D eigenvalue weighted by Gasteiger charge is -2.35. The van der Waals surface area contributed by atoms with E-state index in [9.17, 15) is 37.5 Å². The molecule has 2 fully saturated rings. The number of carbonyl (C=O) groups is 4. The molecule has 2 aliphatic heterocycles. The van der Waals surface area contributed by atoms with E-state index in [1.54, 1.807) is 41.1 Å². The summed E-state index contributed by atoms with van der Waals surface area (Å²) >= 11 is 6.97. The average molecular weight is 1080 g/mol. The van der Waals surface area contributed by atoms with E-state index >= 15 is 8.78 Å². The van der Waals surface area contributed by atoms with Crippen LogP contribution in [0, 0.1) is 35.3 Å². The minimum atomic E-state index is -5.25. The molecule has 15 nitrogen and oxygen atoms in total. The van der Waals surface area contributed by atoms with Crippen molar-refractivity contribution in [1.82, 2.24) is 25.5 Å². The number of halogens is 5. The number of benzene rings is 3. The zero-order chi connectivity index (χ0) is 54.6. The number of nitriles is 1. The SMILES string of the molecule is Cc1ncsc1-c1ccc(CNC(=O)[C@@H]2C[C@@H](O)CN2C(=O)[C@@H](NC(=O)c2ccc(OCCCCCCOc3ncc(N4C(=S)N(c5ccc(C#N)c(C(F)(F)F)c5F)C(=O)C4(C)C)cc3F)cc2)C(C)(C)C)cc1. The number of nitrogens with one attached hydrogen (secondary N) is 2. The van der Waals surface area contributed by atoms with Gasteiger partial charge < -0.3 is 35.0 Å². The number of anilines is 2. The fourth-order valence-electron chi connectivity index (χ4n) is 8.81. The molecule has 0 aliphatic carbocycles. The Morgan fingerprint density at radius 1 is 0.973 bits per heavy atom. The van der Waals surface area contributed by atoms with Crippen LogP contribution in [-0.2, 0) is 27.1 Å². The Kier molecular flexibility index (Phi) is 16.9. The van der Waals surface area contributed by atoms with Crippen molar-refractivity contribution in [3.8, 4) is 28.1 Å². The second kappa shape index (κ2) is 22.8. The Hall–Kier alpha value is -7.09. The quantitative estimate of drug-likeness (QED) is 0.0430. The Bertz CT molecular complexity index is 3000. The number of aryl methyl sites for hydroxylation is 1. The number of aliphatic hydroxyl groups excluding tert-OH is 1. The van der Waals surface area contributed by atoms with Crippen LogP contribution in [0.4, 0.5) is 33.3 Å². The van der Waals surface area contributed by atoms with Gasteiger partial charge in [0.25, 0.3) is 17.7 Å². The third-order valence-corrected chi connectivity index (χ3v) is 14.2. The highest BCUT2D eigenvalue weighted by Crippen LogP contribution is 2.42. The highest BCUT2D eigenvalue weighted by Gasteiger charge is 2.52. The van der Waals surface area contributed by atoms with Gasteiger partial charge in [-0.15, -0.1) is 11.3 Å². The van der Waals surface area contributed by atoms with Gasteiger partial charge in [0.15, 0.2) is 16.7 Å². The molecule has 0 bridgehead atoms. The maximum absolute atomic E-state index is 15.4. The van der Waals surface area contributed by atoms with Crippen molar-refractivity contribution in [2.45, 2.75) is 110 Å². The van der Waals surface area contributed by atoms with Crippen molar-refractivity contribution in [3.63, 3.8) is 0 Å². The molecule has 3 N–H and O–H groups in total. The first kappa shape index (κ1) is 55.7. The van der Waals surface area contributed by atoms with Crippen molar-refractivity contribution in [1.29, 1.82) is 5.26 Å². The molecule has 22 heteroatoms. The van der Waals surface area contributed by atoms with E-state index < -0.39 is 92.5 Å². The topological polar surface area (TPSA) is 190 Å². The van der Waals surface area contributed by atoms with E-state index in [0.717, 1.165) is 51.2 Å². The van der Waals surface area contributed by atoms with Gasteiger partial charge in [-0.05, 0) is 112 Å². The van der Waals surface area contributed by atoms with E-state index in [1.165, 1.54) is 31.0 Å². The summed E-state index contributed by atoms with van der Waals surface area (Å²) in [5, 5.41) is 25.1. The second-order valence-corrected chi connectivity index (χ2v) is 20.9. The maximum Gasteiger partial charge on any atom is 0.420 e. The van der Waals surface area contributed by atoms with Crippen LogP contribution in [0.3, 0.4) is 0 Å². The van der Waals surface area contributed by atoms with Gasteiger partial charge in [0.1, 0.15) is 28.9 Å². The number of amides is 4. The number of pyridine rings is 1. The summed E-state index contributed by atoms with van der Waals surface area (Å²) in [7, 11) is 0. The summed E-state index contributed by atoms with van der Waals surface area (Å²) in [5.41, 5.74) is -1.14. The molecule has 2 aromatic heterocycles. The van der Waals surface area contributed by atoms with Crippen molar-refractivity contribution in [2.75, 3.05) is 29.6 Å². The van der Waals surface area contributed by atoms with Crippen LogP contribution in [-0.4, -0.2) is 92.2 Å². The van der Waals surface area contributed by atoms with E-state index in [4.69, 9.17) is 27.0 Å². The largest absolute Gasteiger partial charge is 0.494 e. The fourth-order valence-corrected chi connectivity index (χ4v) is 10.1. The molecule has 0 saturated carbocycles. The molecule has 0 radical (unpaired) electrons. The minimum absolute atomic E-state index is 0.0376. The van der Waals surface area contributed by atoms with Gasteiger partial charge in [0.05, 0.1) is 64.6 Å². The number of aliphatic hydroxyl groups is 1. The summed E-state index contributed by atoms with van der Waals surface area (Å²) in [6.07, 6.45) is -2.31. The van der Waals surface area contributed by atoms with E-state index in [1.807, 2.05) is 52.0 Å². The van der Waals surface area contributed by atoms with Crippen LogP contribution in [0.15, 0.2) is 78.4 Å². The van der Waals surface area contributed by atoms with E-state index in [2.05, 4.69) is 20.6 Å². The summed E-state index contributed by atoms with van der Waals surface area (Å²) in [6.45, 7) is 10.8. The standard InChI is InChI=1S/C53H55F5N8O7S2/c1-30-43(75-29-62-30)32-13-11-31(12-14-32)26-60-46(69)40-24-36(67)28-64(40)48(70)44(51(2,3)4)63-45(68)33-15-18-37(19-16-33)72-21-9-7-8-10-22-73-47-38(54)23-35(27-61-47)66-50(74)65(49(71)52(66,5)6)39-20-17-34(25-59)41(42(39)55)53(56,57)58/h11-20,23,27,29,36,40,44,67H,7-10,21-22,24,26,28H2,1-6H3,(H,60,69)(H,63,68)/t36-,40+,44-/m1/s1. The number of likely N-dealkylation sites (tertiary alicyclic amines) is 1. The molecule has 0 spiro atoms. The van der Waals surface area contributed by atoms with Crippen LogP contribution in [0.1, 0.15) is 99.5 Å². The van der Waals surface area contributed by atoms with Gasteiger partial charge in [0.2, 0.25) is 11.8 Å². The molecule has 2 aliphatic rings. The van der Waals surface area contributed by atoms with Crippen molar-refractivity contribution >= 4 is 63.7 Å². The third kappa shape index (κ3) is 12.4. The Balaban J connectivity index is 0.844. The number of aromatic nitrogens is 2. The van der Waals surface area contributed by atoms with Gasteiger partial charge in [-0.25, -0.2) is 18.7 Å². The van der Waals surface area contributed by atoms with Crippen LogP contribution >= 0.6 is 23.6 Å². The third-order valence-electron chi connectivity index (χ3n) is 12.8. The highest BCUT2D eigenvalue weighted by atomic mass is 32.1. The molecule has 3 atom stereocenters. The summed E-state index contributed by atoms with van der Waals surface area (Å²) in [4.78, 5) is 67.2. The first-order valence-electron chi connectivity index (χ1n) is 24.0. The molecule has 4 heterocycles. The molecule has 396 valence electrons. The Morgan fingerprint density at radius 3 is 2.24 bits per heavy atom. The first-order chi connectivity index (χ1) is 35.4. The lowest BCUT2D eigenvalue weighted by molar-refractivity contribution is -0.142. The number of nitrogens with zero attached hydrogens (tertiary/aromatic N) is 6. The van der Waals surface area contributed by atoms with Gasteiger partial charge in [-0.1, -0.05) is 45.0 Å². The number of hydrogen-bond donors (Lipinski definition) is 3. The van der Waals surface area contributed by atoms with Gasteiger partial charge >= 0.3 is 6.18 Å². The zero-order valence-corrected chi connectivity index (χ0v) is 43.5. The minimum Gasteiger partial charge on any atom is -0.494 e.